The van der Waals surface area contributed by atoms with Crippen molar-refractivity contribution in [3.63, 3.8) is 0 Å². The second-order valence-electron chi connectivity index (χ2n) is 4.80. The molecule has 2 N–H and O–H groups in total. The van der Waals surface area contributed by atoms with E-state index in [1.807, 2.05) is 30.3 Å². The second kappa shape index (κ2) is 4.47. The molecule has 0 radical (unpaired) electrons. The van der Waals surface area contributed by atoms with Crippen LogP contribution in [0.5, 0.6) is 0 Å². The molecule has 0 aliphatic carbocycles. The molecule has 2 aliphatic rings. The normalized spacial score (nSPS) is 21.6. The molecule has 0 atom stereocenters. The zero-order valence-electron chi connectivity index (χ0n) is 9.73. The van der Waals surface area contributed by atoms with E-state index in [2.05, 4.69) is 15.5 Å². The van der Waals surface area contributed by atoms with Crippen LogP contribution in [-0.2, 0) is 0 Å². The molecule has 1 amide bonds. The second-order valence-corrected chi connectivity index (χ2v) is 4.80. The lowest BCUT2D eigenvalue weighted by atomic mass is 10.0. The molecule has 0 unspecified atom stereocenters. The standard InChI is InChI=1S/C13H17N3O/c17-13(10-4-2-1-3-5-10)15-11-8-16(9-11)12-6-14-7-12/h1-5,11-12,14H,6-9H2,(H,15,17). The highest BCUT2D eigenvalue weighted by atomic mass is 16.1. The number of hydrogen-bond donors (Lipinski definition) is 2. The Morgan fingerprint density at radius 3 is 2.53 bits per heavy atom. The number of amides is 1. The predicted molar refractivity (Wildman–Crippen MR) is 65.9 cm³/mol. The average molecular weight is 231 g/mol. The van der Waals surface area contributed by atoms with Gasteiger partial charge in [0.2, 0.25) is 0 Å². The summed E-state index contributed by atoms with van der Waals surface area (Å²) < 4.78 is 0. The molecule has 0 spiro atoms. The first-order valence-corrected chi connectivity index (χ1v) is 6.13. The lowest BCUT2D eigenvalue weighted by Crippen LogP contribution is -2.68. The SMILES string of the molecule is O=C(NC1CN(C2CNC2)C1)c1ccccc1. The van der Waals surface area contributed by atoms with Gasteiger partial charge in [0, 0.05) is 37.8 Å². The Hall–Kier alpha value is -1.39. The lowest BCUT2D eigenvalue weighted by molar-refractivity contribution is 0.0452. The van der Waals surface area contributed by atoms with Crippen molar-refractivity contribution in [3.05, 3.63) is 35.9 Å². The average Bonchev–Trinajstić information content (AvgIpc) is 2.24. The minimum Gasteiger partial charge on any atom is -0.347 e. The van der Waals surface area contributed by atoms with Crippen LogP contribution in [0.25, 0.3) is 0 Å². The van der Waals surface area contributed by atoms with E-state index < -0.39 is 0 Å². The van der Waals surface area contributed by atoms with Crippen LogP contribution in [0.4, 0.5) is 0 Å². The largest absolute Gasteiger partial charge is 0.347 e. The first kappa shape index (κ1) is 10.7. The molecule has 1 aromatic carbocycles. The Balaban J connectivity index is 1.47. The Labute approximate surface area is 101 Å². The molecule has 2 heterocycles. The maximum atomic E-state index is 11.9. The molecule has 4 heteroatoms. The fourth-order valence-electron chi connectivity index (χ4n) is 2.29. The molecule has 2 saturated heterocycles. The molecule has 1 aromatic rings. The Kier molecular flexibility index (Phi) is 2.82. The summed E-state index contributed by atoms with van der Waals surface area (Å²) in [6, 6.07) is 10.4. The summed E-state index contributed by atoms with van der Waals surface area (Å²) in [4.78, 5) is 14.3. The third kappa shape index (κ3) is 2.18. The fraction of sp³-hybridized carbons (Fsp3) is 0.462. The van der Waals surface area contributed by atoms with Crippen molar-refractivity contribution in [1.29, 1.82) is 0 Å². The summed E-state index contributed by atoms with van der Waals surface area (Å²) in [5.41, 5.74) is 0.747. The summed E-state index contributed by atoms with van der Waals surface area (Å²) in [6.07, 6.45) is 0. The third-order valence-corrected chi connectivity index (χ3v) is 3.56. The van der Waals surface area contributed by atoms with E-state index >= 15 is 0 Å². The lowest BCUT2D eigenvalue weighted by Gasteiger charge is -2.48. The van der Waals surface area contributed by atoms with Crippen LogP contribution >= 0.6 is 0 Å². The molecule has 17 heavy (non-hydrogen) atoms. The summed E-state index contributed by atoms with van der Waals surface area (Å²) in [5, 5.41) is 6.33. The molecule has 0 bridgehead atoms. The maximum Gasteiger partial charge on any atom is 0.251 e. The van der Waals surface area contributed by atoms with Gasteiger partial charge in [-0.05, 0) is 12.1 Å². The number of nitrogens with one attached hydrogen (secondary N) is 2. The molecule has 90 valence electrons. The number of carbonyl (C=O) groups excluding carboxylic acids is 1. The Morgan fingerprint density at radius 1 is 1.24 bits per heavy atom. The minimum absolute atomic E-state index is 0.0435. The molecule has 2 aliphatic heterocycles. The van der Waals surface area contributed by atoms with Gasteiger partial charge in [-0.3, -0.25) is 9.69 Å². The zero-order valence-corrected chi connectivity index (χ0v) is 9.73. The van der Waals surface area contributed by atoms with Gasteiger partial charge in [-0.1, -0.05) is 18.2 Å². The van der Waals surface area contributed by atoms with Gasteiger partial charge in [-0.25, -0.2) is 0 Å². The molecular weight excluding hydrogens is 214 g/mol. The van der Waals surface area contributed by atoms with Crippen molar-refractivity contribution in [2.75, 3.05) is 26.2 Å². The monoisotopic (exact) mass is 231 g/mol. The van der Waals surface area contributed by atoms with Crippen molar-refractivity contribution >= 4 is 5.91 Å². The van der Waals surface area contributed by atoms with E-state index in [1.54, 1.807) is 0 Å². The third-order valence-electron chi connectivity index (χ3n) is 3.56. The highest BCUT2D eigenvalue weighted by molar-refractivity contribution is 5.94. The van der Waals surface area contributed by atoms with Gasteiger partial charge in [-0.15, -0.1) is 0 Å². The topological polar surface area (TPSA) is 44.4 Å². The van der Waals surface area contributed by atoms with Gasteiger partial charge in [0.25, 0.3) is 5.91 Å². The minimum atomic E-state index is 0.0435. The van der Waals surface area contributed by atoms with Gasteiger partial charge in [0.15, 0.2) is 0 Å². The Bertz CT molecular complexity index is 396. The fourth-order valence-corrected chi connectivity index (χ4v) is 2.29. The van der Waals surface area contributed by atoms with E-state index in [-0.39, 0.29) is 5.91 Å². The number of likely N-dealkylation sites (tertiary alicyclic amines) is 1. The van der Waals surface area contributed by atoms with Crippen LogP contribution in [0.15, 0.2) is 30.3 Å². The van der Waals surface area contributed by atoms with Crippen molar-refractivity contribution in [3.8, 4) is 0 Å². The van der Waals surface area contributed by atoms with Crippen LogP contribution in [0.3, 0.4) is 0 Å². The highest BCUT2D eigenvalue weighted by Crippen LogP contribution is 2.15. The van der Waals surface area contributed by atoms with Gasteiger partial charge in [0.1, 0.15) is 0 Å². The van der Waals surface area contributed by atoms with Crippen molar-refractivity contribution in [1.82, 2.24) is 15.5 Å². The first-order valence-electron chi connectivity index (χ1n) is 6.13. The van der Waals surface area contributed by atoms with Crippen molar-refractivity contribution in [2.45, 2.75) is 12.1 Å². The summed E-state index contributed by atoms with van der Waals surface area (Å²) >= 11 is 0. The number of benzene rings is 1. The molecular formula is C13H17N3O. The zero-order chi connectivity index (χ0) is 11.7. The quantitative estimate of drug-likeness (QED) is 0.774. The number of carbonyl (C=O) groups is 1. The van der Waals surface area contributed by atoms with Gasteiger partial charge in [-0.2, -0.15) is 0 Å². The predicted octanol–water partition coefficient (Wildman–Crippen LogP) is 0.0724. The Morgan fingerprint density at radius 2 is 1.94 bits per heavy atom. The summed E-state index contributed by atoms with van der Waals surface area (Å²) in [5.74, 6) is 0.0435. The van der Waals surface area contributed by atoms with Crippen LogP contribution in [0.1, 0.15) is 10.4 Å². The molecule has 4 nitrogen and oxygen atoms in total. The molecule has 2 fully saturated rings. The molecule has 0 saturated carbocycles. The number of hydrogen-bond acceptors (Lipinski definition) is 3. The molecule has 3 rings (SSSR count). The molecule has 0 aromatic heterocycles. The van der Waals surface area contributed by atoms with Gasteiger partial charge in [0.05, 0.1) is 6.04 Å². The maximum absolute atomic E-state index is 11.9. The number of rotatable bonds is 3. The van der Waals surface area contributed by atoms with E-state index in [9.17, 15) is 4.79 Å². The van der Waals surface area contributed by atoms with E-state index in [1.165, 1.54) is 0 Å². The summed E-state index contributed by atoms with van der Waals surface area (Å²) in [6.45, 7) is 4.18. The smallest absolute Gasteiger partial charge is 0.251 e. The van der Waals surface area contributed by atoms with E-state index in [4.69, 9.17) is 0 Å². The van der Waals surface area contributed by atoms with Gasteiger partial charge >= 0.3 is 0 Å². The van der Waals surface area contributed by atoms with Crippen LogP contribution in [0, 0.1) is 0 Å². The van der Waals surface area contributed by atoms with Gasteiger partial charge < -0.3 is 10.6 Å². The number of nitrogens with zero attached hydrogens (tertiary/aromatic N) is 1. The van der Waals surface area contributed by atoms with Crippen molar-refractivity contribution in [2.24, 2.45) is 0 Å². The van der Waals surface area contributed by atoms with E-state index in [0.29, 0.717) is 12.1 Å². The van der Waals surface area contributed by atoms with Crippen molar-refractivity contribution < 1.29 is 4.79 Å². The van der Waals surface area contributed by atoms with Crippen LogP contribution < -0.4 is 10.6 Å². The van der Waals surface area contributed by atoms with Crippen LogP contribution in [-0.4, -0.2) is 49.1 Å². The van der Waals surface area contributed by atoms with E-state index in [0.717, 1.165) is 31.7 Å². The highest BCUT2D eigenvalue weighted by Gasteiger charge is 2.35. The van der Waals surface area contributed by atoms with Crippen LogP contribution in [0.2, 0.25) is 0 Å². The summed E-state index contributed by atoms with van der Waals surface area (Å²) in [7, 11) is 0. The first-order chi connectivity index (χ1) is 8.33.